The van der Waals surface area contributed by atoms with Gasteiger partial charge in [-0.2, -0.15) is 4.98 Å². The van der Waals surface area contributed by atoms with E-state index < -0.39 is 0 Å². The monoisotopic (exact) mass is 426 g/mol. The number of ether oxygens (including phenoxy) is 1. The van der Waals surface area contributed by atoms with Gasteiger partial charge in [-0.25, -0.2) is 0 Å². The Kier molecular flexibility index (Phi) is 6.18. The van der Waals surface area contributed by atoms with Gasteiger partial charge in [0.05, 0.1) is 7.11 Å². The predicted molar refractivity (Wildman–Crippen MR) is 115 cm³/mol. The van der Waals surface area contributed by atoms with E-state index in [1.165, 1.54) is 0 Å². The number of halogens is 1. The van der Waals surface area contributed by atoms with Gasteiger partial charge >= 0.3 is 6.01 Å². The van der Waals surface area contributed by atoms with Gasteiger partial charge in [-0.3, -0.25) is 4.79 Å². The normalized spacial score (nSPS) is 14.5. The Morgan fingerprint density at radius 2 is 2.00 bits per heavy atom. The van der Waals surface area contributed by atoms with Gasteiger partial charge in [-0.15, -0.1) is 0 Å². The maximum atomic E-state index is 12.5. The molecular weight excluding hydrogens is 404 g/mol. The summed E-state index contributed by atoms with van der Waals surface area (Å²) in [6.45, 7) is 1.89. The predicted octanol–water partition coefficient (Wildman–Crippen LogP) is 3.93. The van der Waals surface area contributed by atoms with E-state index in [2.05, 4.69) is 15.5 Å². The first-order chi connectivity index (χ1) is 14.6. The van der Waals surface area contributed by atoms with Crippen molar-refractivity contribution >= 4 is 23.5 Å². The summed E-state index contributed by atoms with van der Waals surface area (Å²) in [6.07, 6.45) is 1.48. The van der Waals surface area contributed by atoms with Crippen molar-refractivity contribution in [2.75, 3.05) is 25.1 Å². The lowest BCUT2D eigenvalue weighted by molar-refractivity contribution is -0.125. The van der Waals surface area contributed by atoms with Gasteiger partial charge in [0.15, 0.2) is 0 Å². The summed E-state index contributed by atoms with van der Waals surface area (Å²) in [4.78, 5) is 19.0. The zero-order valence-corrected chi connectivity index (χ0v) is 17.4. The fourth-order valence-corrected chi connectivity index (χ4v) is 3.69. The van der Waals surface area contributed by atoms with Crippen molar-refractivity contribution in [2.24, 2.45) is 5.92 Å². The maximum absolute atomic E-state index is 12.5. The number of methoxy groups -OCH3 is 1. The molecule has 8 heteroatoms. The van der Waals surface area contributed by atoms with Crippen LogP contribution >= 0.6 is 11.6 Å². The summed E-state index contributed by atoms with van der Waals surface area (Å²) in [7, 11) is 1.63. The van der Waals surface area contributed by atoms with Gasteiger partial charge in [0.2, 0.25) is 11.7 Å². The van der Waals surface area contributed by atoms with E-state index in [9.17, 15) is 4.79 Å². The summed E-state index contributed by atoms with van der Waals surface area (Å²) < 4.78 is 10.6. The van der Waals surface area contributed by atoms with E-state index in [1.54, 1.807) is 19.2 Å². The van der Waals surface area contributed by atoms with Crippen LogP contribution in [0.25, 0.3) is 11.4 Å². The Bertz CT molecular complexity index is 998. The van der Waals surface area contributed by atoms with Crippen LogP contribution in [0.5, 0.6) is 5.75 Å². The summed E-state index contributed by atoms with van der Waals surface area (Å²) >= 11 is 6.03. The summed E-state index contributed by atoms with van der Waals surface area (Å²) in [5, 5.41) is 7.71. The molecule has 0 aliphatic carbocycles. The minimum atomic E-state index is -0.0187. The molecule has 0 unspecified atom stereocenters. The molecule has 30 heavy (non-hydrogen) atoms. The molecule has 0 radical (unpaired) electrons. The molecule has 1 aliphatic heterocycles. The first kappa shape index (κ1) is 20.2. The van der Waals surface area contributed by atoms with Crippen LogP contribution < -0.4 is 15.0 Å². The Labute approximate surface area is 180 Å². The molecular formula is C22H23ClN4O3. The SMILES string of the molecule is COc1ccc(CNC(=O)C2CCN(c3nc(-c4cccc(Cl)c4)no3)CC2)cc1. The quantitative estimate of drug-likeness (QED) is 0.643. The second-order valence-electron chi connectivity index (χ2n) is 7.24. The van der Waals surface area contributed by atoms with Gasteiger partial charge in [0.25, 0.3) is 0 Å². The van der Waals surface area contributed by atoms with E-state index >= 15 is 0 Å². The lowest BCUT2D eigenvalue weighted by atomic mass is 9.96. The zero-order chi connectivity index (χ0) is 20.9. The van der Waals surface area contributed by atoms with E-state index in [0.29, 0.717) is 36.5 Å². The first-order valence-corrected chi connectivity index (χ1v) is 10.3. The molecule has 0 atom stereocenters. The summed E-state index contributed by atoms with van der Waals surface area (Å²) in [5.41, 5.74) is 1.85. The third-order valence-corrected chi connectivity index (χ3v) is 5.50. The molecule has 7 nitrogen and oxygen atoms in total. The van der Waals surface area contributed by atoms with E-state index in [4.69, 9.17) is 20.9 Å². The number of nitrogens with one attached hydrogen (secondary N) is 1. The average molecular weight is 427 g/mol. The van der Waals surface area contributed by atoms with Gasteiger partial charge in [-0.05, 0) is 42.7 Å². The van der Waals surface area contributed by atoms with Crippen molar-refractivity contribution < 1.29 is 14.1 Å². The number of carbonyl (C=O) groups is 1. The van der Waals surface area contributed by atoms with Crippen LogP contribution in [-0.4, -0.2) is 36.2 Å². The number of aromatic nitrogens is 2. The van der Waals surface area contributed by atoms with Gasteiger partial charge in [0, 0.05) is 36.1 Å². The van der Waals surface area contributed by atoms with Crippen LogP contribution in [0.1, 0.15) is 18.4 Å². The Morgan fingerprint density at radius 3 is 2.70 bits per heavy atom. The van der Waals surface area contributed by atoms with Crippen LogP contribution in [0.15, 0.2) is 53.1 Å². The van der Waals surface area contributed by atoms with Crippen LogP contribution in [0.2, 0.25) is 5.02 Å². The second kappa shape index (κ2) is 9.17. The van der Waals surface area contributed by atoms with Crippen LogP contribution in [-0.2, 0) is 11.3 Å². The molecule has 2 heterocycles. The van der Waals surface area contributed by atoms with Crippen molar-refractivity contribution in [3.8, 4) is 17.1 Å². The van der Waals surface area contributed by atoms with Crippen LogP contribution in [0.4, 0.5) is 6.01 Å². The second-order valence-corrected chi connectivity index (χ2v) is 7.67. The van der Waals surface area contributed by atoms with Crippen molar-refractivity contribution in [1.82, 2.24) is 15.5 Å². The number of carbonyl (C=O) groups excluding carboxylic acids is 1. The number of amides is 1. The highest BCUT2D eigenvalue weighted by atomic mass is 35.5. The largest absolute Gasteiger partial charge is 0.497 e. The minimum Gasteiger partial charge on any atom is -0.497 e. The summed E-state index contributed by atoms with van der Waals surface area (Å²) in [6, 6.07) is 15.5. The van der Waals surface area contributed by atoms with Crippen LogP contribution in [0, 0.1) is 5.92 Å². The number of piperidine rings is 1. The standard InChI is InChI=1S/C22H23ClN4O3/c1-29-19-7-5-15(6-8-19)14-24-21(28)16-9-11-27(12-10-16)22-25-20(26-30-22)17-3-2-4-18(23)13-17/h2-8,13,16H,9-12,14H2,1H3,(H,24,28). The molecule has 0 spiro atoms. The first-order valence-electron chi connectivity index (χ1n) is 9.87. The highest BCUT2D eigenvalue weighted by Crippen LogP contribution is 2.26. The molecule has 156 valence electrons. The minimum absolute atomic E-state index is 0.0187. The summed E-state index contributed by atoms with van der Waals surface area (Å²) in [5.74, 6) is 1.37. The molecule has 1 aromatic heterocycles. The Balaban J connectivity index is 1.28. The van der Waals surface area contributed by atoms with Crippen molar-refractivity contribution in [1.29, 1.82) is 0 Å². The lowest BCUT2D eigenvalue weighted by Crippen LogP contribution is -2.40. The third-order valence-electron chi connectivity index (χ3n) is 5.26. The molecule has 0 bridgehead atoms. The molecule has 1 saturated heterocycles. The molecule has 1 fully saturated rings. The van der Waals surface area contributed by atoms with Gasteiger partial charge in [0.1, 0.15) is 5.75 Å². The van der Waals surface area contributed by atoms with E-state index in [-0.39, 0.29) is 11.8 Å². The number of hydrogen-bond donors (Lipinski definition) is 1. The molecule has 4 rings (SSSR count). The molecule has 0 saturated carbocycles. The van der Waals surface area contributed by atoms with Gasteiger partial charge < -0.3 is 19.5 Å². The fourth-order valence-electron chi connectivity index (χ4n) is 3.50. The van der Waals surface area contributed by atoms with E-state index in [0.717, 1.165) is 29.7 Å². The van der Waals surface area contributed by atoms with Crippen molar-refractivity contribution in [2.45, 2.75) is 19.4 Å². The maximum Gasteiger partial charge on any atom is 0.324 e. The molecule has 1 aliphatic rings. The lowest BCUT2D eigenvalue weighted by Gasteiger charge is -2.29. The number of rotatable bonds is 6. The third kappa shape index (κ3) is 4.74. The fraction of sp³-hybridized carbons (Fsp3) is 0.318. The Morgan fingerprint density at radius 1 is 1.23 bits per heavy atom. The number of nitrogens with zero attached hydrogens (tertiary/aromatic N) is 3. The molecule has 3 aromatic rings. The topological polar surface area (TPSA) is 80.5 Å². The van der Waals surface area contributed by atoms with Crippen LogP contribution in [0.3, 0.4) is 0 Å². The van der Waals surface area contributed by atoms with Crippen molar-refractivity contribution in [3.05, 3.63) is 59.1 Å². The number of benzene rings is 2. The smallest absolute Gasteiger partial charge is 0.324 e. The highest BCUT2D eigenvalue weighted by molar-refractivity contribution is 6.30. The number of anilines is 1. The average Bonchev–Trinajstić information content (AvgIpc) is 3.28. The van der Waals surface area contributed by atoms with Crippen molar-refractivity contribution in [3.63, 3.8) is 0 Å². The molecule has 1 N–H and O–H groups in total. The van der Waals surface area contributed by atoms with Gasteiger partial charge in [-0.1, -0.05) is 41.0 Å². The van der Waals surface area contributed by atoms with E-state index in [1.807, 2.05) is 41.3 Å². The zero-order valence-electron chi connectivity index (χ0n) is 16.7. The number of hydrogen-bond acceptors (Lipinski definition) is 6. The molecule has 1 amide bonds. The highest BCUT2D eigenvalue weighted by Gasteiger charge is 2.27. The molecule has 2 aromatic carbocycles. The Hall–Kier alpha value is -3.06.